The first-order valence-electron chi connectivity index (χ1n) is 11.8. The molecule has 2 fully saturated rings. The van der Waals surface area contributed by atoms with E-state index in [4.69, 9.17) is 4.74 Å². The van der Waals surface area contributed by atoms with E-state index in [2.05, 4.69) is 5.32 Å². The van der Waals surface area contributed by atoms with E-state index < -0.39 is 35.7 Å². The molecule has 192 valence electrons. The van der Waals surface area contributed by atoms with Gasteiger partial charge in [0.25, 0.3) is 0 Å². The minimum absolute atomic E-state index is 0.123. The maximum Gasteiger partial charge on any atom is 0.416 e. The highest BCUT2D eigenvalue weighted by molar-refractivity contribution is 5.35. The van der Waals surface area contributed by atoms with Gasteiger partial charge in [0.1, 0.15) is 18.4 Å². The van der Waals surface area contributed by atoms with Crippen molar-refractivity contribution in [3.8, 4) is 0 Å². The van der Waals surface area contributed by atoms with Crippen LogP contribution >= 0.6 is 0 Å². The summed E-state index contributed by atoms with van der Waals surface area (Å²) in [5.74, 6) is -0.538. The Morgan fingerprint density at radius 3 is 2.11 bits per heavy atom. The standard InChI is InChI=1S/C25H27F7N2O/c1-15(17-10-18(24(27,28)29)12-19(11-17)25(30,31)32)35-23-7-9-34(21-6-8-33-13-21)14-22(23)16-2-4-20(26)5-3-16/h2-5,10-12,15,21-23,33H,6-9,13-14H2,1H3/p+2/t15-,21?,22-,23+/m1/s1. The number of alkyl halides is 6. The summed E-state index contributed by atoms with van der Waals surface area (Å²) in [5, 5.41) is 2.26. The molecule has 4 rings (SSSR count). The van der Waals surface area contributed by atoms with Crippen molar-refractivity contribution in [1.82, 2.24) is 0 Å². The molecule has 0 spiro atoms. The van der Waals surface area contributed by atoms with E-state index in [1.54, 1.807) is 12.1 Å². The molecule has 3 nitrogen and oxygen atoms in total. The van der Waals surface area contributed by atoms with Crippen molar-refractivity contribution in [2.24, 2.45) is 0 Å². The zero-order chi connectivity index (χ0) is 25.4. The molecule has 0 aromatic heterocycles. The molecular formula is C25H29F7N2O+2. The number of likely N-dealkylation sites (tertiary alicyclic amines) is 1. The number of rotatable bonds is 5. The molecule has 2 heterocycles. The Morgan fingerprint density at radius 2 is 1.57 bits per heavy atom. The second kappa shape index (κ2) is 10.1. The normalized spacial score (nSPS) is 26.6. The average Bonchev–Trinajstić information content (AvgIpc) is 3.33. The minimum Gasteiger partial charge on any atom is -0.369 e. The minimum atomic E-state index is -4.92. The predicted octanol–water partition coefficient (Wildman–Crippen LogP) is 3.72. The third kappa shape index (κ3) is 6.16. The molecule has 2 saturated heterocycles. The number of nitrogens with two attached hydrogens (primary N) is 1. The van der Waals surface area contributed by atoms with E-state index in [1.807, 2.05) is 0 Å². The molecule has 0 bridgehead atoms. The van der Waals surface area contributed by atoms with Gasteiger partial charge in [0.2, 0.25) is 0 Å². The molecular weight excluding hydrogens is 477 g/mol. The lowest BCUT2D eigenvalue weighted by Gasteiger charge is -2.39. The molecule has 0 radical (unpaired) electrons. The quantitative estimate of drug-likeness (QED) is 0.596. The summed E-state index contributed by atoms with van der Waals surface area (Å²) in [4.78, 5) is 1.40. The number of hydrogen-bond acceptors (Lipinski definition) is 1. The van der Waals surface area contributed by atoms with Gasteiger partial charge in [-0.2, -0.15) is 26.3 Å². The van der Waals surface area contributed by atoms with Crippen LogP contribution in [0.3, 0.4) is 0 Å². The Kier molecular flexibility index (Phi) is 7.45. The van der Waals surface area contributed by atoms with E-state index in [9.17, 15) is 30.7 Å². The molecule has 35 heavy (non-hydrogen) atoms. The number of piperidine rings is 1. The van der Waals surface area contributed by atoms with Crippen LogP contribution in [-0.2, 0) is 17.1 Å². The number of ether oxygens (including phenoxy) is 1. The van der Waals surface area contributed by atoms with Gasteiger partial charge in [-0.05, 0) is 48.4 Å². The molecule has 2 aromatic carbocycles. The number of benzene rings is 2. The van der Waals surface area contributed by atoms with Crippen LogP contribution in [0, 0.1) is 5.82 Å². The van der Waals surface area contributed by atoms with Gasteiger partial charge in [0.05, 0.1) is 55.3 Å². The van der Waals surface area contributed by atoms with Crippen LogP contribution in [0.25, 0.3) is 0 Å². The van der Waals surface area contributed by atoms with E-state index in [0.29, 0.717) is 19.0 Å². The topological polar surface area (TPSA) is 30.3 Å². The second-order valence-corrected chi connectivity index (χ2v) is 9.51. The van der Waals surface area contributed by atoms with E-state index in [1.165, 1.54) is 24.0 Å². The summed E-state index contributed by atoms with van der Waals surface area (Å²) in [5.41, 5.74) is -2.04. The summed E-state index contributed by atoms with van der Waals surface area (Å²) in [6.45, 7) is 5.05. The molecule has 3 N–H and O–H groups in total. The molecule has 0 aliphatic carbocycles. The Bertz CT molecular complexity index is 968. The van der Waals surface area contributed by atoms with Gasteiger partial charge in [-0.3, -0.25) is 0 Å². The first-order valence-corrected chi connectivity index (χ1v) is 11.8. The second-order valence-electron chi connectivity index (χ2n) is 9.51. The van der Waals surface area contributed by atoms with Gasteiger partial charge < -0.3 is 15.0 Å². The number of nitrogens with one attached hydrogen (secondary N) is 1. The SMILES string of the molecule is C[C@@H](O[C@H]1CC[NH+](C2CC[NH2+]C2)C[C@@H]1c1ccc(F)cc1)c1cc(C(F)(F)F)cc(C(F)(F)F)c1. The molecule has 2 aromatic rings. The molecule has 0 amide bonds. The van der Waals surface area contributed by atoms with Crippen molar-refractivity contribution < 1.29 is 45.7 Å². The molecule has 2 aliphatic heterocycles. The Balaban J connectivity index is 1.60. The highest BCUT2D eigenvalue weighted by atomic mass is 19.4. The third-order valence-electron chi connectivity index (χ3n) is 7.19. The fraction of sp³-hybridized carbons (Fsp3) is 0.520. The maximum absolute atomic E-state index is 13.5. The fourth-order valence-electron chi connectivity index (χ4n) is 5.30. The predicted molar refractivity (Wildman–Crippen MR) is 114 cm³/mol. The average molecular weight is 507 g/mol. The summed E-state index contributed by atoms with van der Waals surface area (Å²) in [6.07, 6.45) is -9.57. The van der Waals surface area contributed by atoms with Crippen LogP contribution in [0.2, 0.25) is 0 Å². The van der Waals surface area contributed by atoms with Crippen molar-refractivity contribution in [3.63, 3.8) is 0 Å². The summed E-state index contributed by atoms with van der Waals surface area (Å²) in [6, 6.07) is 8.12. The number of hydrogen-bond donors (Lipinski definition) is 2. The van der Waals surface area contributed by atoms with Crippen LogP contribution in [0.1, 0.15) is 54.0 Å². The van der Waals surface area contributed by atoms with Gasteiger partial charge in [0.15, 0.2) is 0 Å². The zero-order valence-corrected chi connectivity index (χ0v) is 19.2. The highest BCUT2D eigenvalue weighted by Gasteiger charge is 2.41. The highest BCUT2D eigenvalue weighted by Crippen LogP contribution is 2.39. The largest absolute Gasteiger partial charge is 0.416 e. The van der Waals surface area contributed by atoms with E-state index in [-0.39, 0.29) is 23.4 Å². The van der Waals surface area contributed by atoms with Crippen LogP contribution in [0.5, 0.6) is 0 Å². The Morgan fingerprint density at radius 1 is 0.943 bits per heavy atom. The lowest BCUT2D eigenvalue weighted by molar-refractivity contribution is -0.936. The summed E-state index contributed by atoms with van der Waals surface area (Å²) >= 11 is 0. The Hall–Kier alpha value is -2.17. The van der Waals surface area contributed by atoms with Crippen LogP contribution in [0.4, 0.5) is 30.7 Å². The number of quaternary nitrogens is 2. The molecule has 2 aliphatic rings. The van der Waals surface area contributed by atoms with Gasteiger partial charge in [-0.25, -0.2) is 4.39 Å². The van der Waals surface area contributed by atoms with Crippen molar-refractivity contribution in [2.45, 2.75) is 56.3 Å². The summed E-state index contributed by atoms with van der Waals surface area (Å²) in [7, 11) is 0. The van der Waals surface area contributed by atoms with Crippen molar-refractivity contribution in [2.75, 3.05) is 26.2 Å². The first-order chi connectivity index (χ1) is 16.4. The summed E-state index contributed by atoms with van der Waals surface area (Å²) < 4.78 is 99.6. The fourth-order valence-corrected chi connectivity index (χ4v) is 5.30. The van der Waals surface area contributed by atoms with Gasteiger partial charge >= 0.3 is 12.4 Å². The van der Waals surface area contributed by atoms with Crippen LogP contribution in [-0.4, -0.2) is 38.3 Å². The lowest BCUT2D eigenvalue weighted by Crippen LogP contribution is -3.18. The molecule has 10 heteroatoms. The zero-order valence-electron chi connectivity index (χ0n) is 19.2. The van der Waals surface area contributed by atoms with E-state index >= 15 is 0 Å². The van der Waals surface area contributed by atoms with Crippen LogP contribution in [0.15, 0.2) is 42.5 Å². The van der Waals surface area contributed by atoms with Crippen molar-refractivity contribution in [1.29, 1.82) is 0 Å². The first kappa shape index (κ1) is 25.9. The molecule has 5 atom stereocenters. The van der Waals surface area contributed by atoms with Gasteiger partial charge in [-0.1, -0.05) is 12.1 Å². The van der Waals surface area contributed by atoms with Crippen LogP contribution < -0.4 is 10.2 Å². The van der Waals surface area contributed by atoms with Gasteiger partial charge in [0, 0.05) is 6.42 Å². The van der Waals surface area contributed by atoms with Gasteiger partial charge in [-0.15, -0.1) is 0 Å². The molecule has 2 unspecified atom stereocenters. The maximum atomic E-state index is 13.5. The smallest absolute Gasteiger partial charge is 0.369 e. The van der Waals surface area contributed by atoms with Crippen molar-refractivity contribution in [3.05, 3.63) is 70.5 Å². The molecule has 0 saturated carbocycles. The third-order valence-corrected chi connectivity index (χ3v) is 7.19. The lowest BCUT2D eigenvalue weighted by atomic mass is 9.86. The Labute approximate surface area is 199 Å². The monoisotopic (exact) mass is 506 g/mol. The van der Waals surface area contributed by atoms with E-state index in [0.717, 1.165) is 43.8 Å². The number of halogens is 7. The van der Waals surface area contributed by atoms with Crippen molar-refractivity contribution >= 4 is 0 Å².